The van der Waals surface area contributed by atoms with Gasteiger partial charge in [0.25, 0.3) is 0 Å². The van der Waals surface area contributed by atoms with Gasteiger partial charge in [0.1, 0.15) is 17.3 Å². The Morgan fingerprint density at radius 3 is 2.45 bits per heavy atom. The zero-order valence-corrected chi connectivity index (χ0v) is 19.0. The van der Waals surface area contributed by atoms with Crippen molar-refractivity contribution in [3.8, 4) is 5.75 Å². The van der Waals surface area contributed by atoms with Gasteiger partial charge in [-0.2, -0.15) is 0 Å². The molecule has 1 amide bonds. The molecule has 0 atom stereocenters. The molecule has 31 heavy (non-hydrogen) atoms. The number of amides is 1. The maximum atomic E-state index is 13.0. The molecule has 0 saturated heterocycles. The van der Waals surface area contributed by atoms with Gasteiger partial charge in [0.2, 0.25) is 5.91 Å². The van der Waals surface area contributed by atoms with Crippen LogP contribution >= 0.6 is 22.9 Å². The minimum Gasteiger partial charge on any atom is -0.497 e. The lowest BCUT2D eigenvalue weighted by Gasteiger charge is -2.20. The molecule has 0 fully saturated rings. The van der Waals surface area contributed by atoms with Crippen LogP contribution in [0.3, 0.4) is 0 Å². The lowest BCUT2D eigenvalue weighted by atomic mass is 10.00. The molecule has 3 aromatic rings. The second kappa shape index (κ2) is 8.65. The molecular weight excluding hydrogens is 432 g/mol. The monoisotopic (exact) mass is 452 g/mol. The number of fused-ring (bicyclic) bond motifs is 1. The van der Waals surface area contributed by atoms with E-state index in [-0.39, 0.29) is 24.8 Å². The van der Waals surface area contributed by atoms with Gasteiger partial charge >= 0.3 is 0 Å². The molecule has 2 heterocycles. The molecule has 0 spiro atoms. The highest BCUT2D eigenvalue weighted by Gasteiger charge is 2.31. The van der Waals surface area contributed by atoms with Crippen LogP contribution in [0.15, 0.2) is 53.5 Å². The van der Waals surface area contributed by atoms with E-state index in [0.29, 0.717) is 16.3 Å². The normalized spacial score (nSPS) is 13.5. The maximum Gasteiger partial charge on any atom is 0.249 e. The van der Waals surface area contributed by atoms with E-state index in [9.17, 15) is 9.59 Å². The summed E-state index contributed by atoms with van der Waals surface area (Å²) in [5.41, 5.74) is 4.13. The van der Waals surface area contributed by atoms with Crippen LogP contribution in [0.25, 0.3) is 0 Å². The Labute approximate surface area is 189 Å². The summed E-state index contributed by atoms with van der Waals surface area (Å²) in [6, 6.07) is 14.3. The summed E-state index contributed by atoms with van der Waals surface area (Å²) in [6.07, 6.45) is 0. The van der Waals surface area contributed by atoms with Crippen LogP contribution in [0.2, 0.25) is 5.02 Å². The number of ketones is 1. The van der Waals surface area contributed by atoms with Crippen LogP contribution in [0.5, 0.6) is 5.75 Å². The summed E-state index contributed by atoms with van der Waals surface area (Å²) in [5.74, 6) is 0.337. The SMILES string of the molecule is COc1ccc(C(=O)CN2C(=O)CN=C(c3ccc(Cl)cc3)c3c2sc(C)c3C)cc1. The number of ether oxygens (including phenoxy) is 1. The van der Waals surface area contributed by atoms with Crippen molar-refractivity contribution < 1.29 is 14.3 Å². The summed E-state index contributed by atoms with van der Waals surface area (Å²) in [7, 11) is 1.58. The fraction of sp³-hybridized carbons (Fsp3) is 0.208. The fourth-order valence-corrected chi connectivity index (χ4v) is 4.82. The van der Waals surface area contributed by atoms with Gasteiger partial charge in [0.15, 0.2) is 5.78 Å². The number of anilines is 1. The van der Waals surface area contributed by atoms with E-state index < -0.39 is 0 Å². The number of carbonyl (C=O) groups is 2. The van der Waals surface area contributed by atoms with Crippen molar-refractivity contribution in [2.75, 3.05) is 25.1 Å². The highest BCUT2D eigenvalue weighted by Crippen LogP contribution is 2.39. The number of hydrogen-bond acceptors (Lipinski definition) is 5. The first-order valence-electron chi connectivity index (χ1n) is 9.77. The number of methoxy groups -OCH3 is 1. The number of aliphatic imine (C=N–C) groups is 1. The highest BCUT2D eigenvalue weighted by molar-refractivity contribution is 7.17. The number of thiophene rings is 1. The Kier molecular flexibility index (Phi) is 5.94. The lowest BCUT2D eigenvalue weighted by Crippen LogP contribution is -2.36. The minimum absolute atomic E-state index is 0.0201. The third-order valence-electron chi connectivity index (χ3n) is 5.35. The number of rotatable bonds is 5. The predicted octanol–water partition coefficient (Wildman–Crippen LogP) is 5.09. The topological polar surface area (TPSA) is 59.0 Å². The smallest absolute Gasteiger partial charge is 0.249 e. The summed E-state index contributed by atoms with van der Waals surface area (Å²) in [5, 5.41) is 1.40. The molecule has 1 aliphatic heterocycles. The summed E-state index contributed by atoms with van der Waals surface area (Å²) >= 11 is 7.57. The van der Waals surface area contributed by atoms with Gasteiger partial charge in [-0.15, -0.1) is 11.3 Å². The second-order valence-corrected chi connectivity index (χ2v) is 8.91. The molecule has 5 nitrogen and oxygen atoms in total. The molecule has 0 saturated carbocycles. The van der Waals surface area contributed by atoms with E-state index in [0.717, 1.165) is 32.3 Å². The first-order chi connectivity index (χ1) is 14.9. The van der Waals surface area contributed by atoms with Crippen LogP contribution in [-0.2, 0) is 4.79 Å². The molecule has 0 N–H and O–H groups in total. The first kappa shape index (κ1) is 21.3. The quantitative estimate of drug-likeness (QED) is 0.506. The average Bonchev–Trinajstić information content (AvgIpc) is 2.99. The van der Waals surface area contributed by atoms with Gasteiger partial charge in [-0.3, -0.25) is 19.5 Å². The number of nitrogens with zero attached hydrogens (tertiary/aromatic N) is 2. The van der Waals surface area contributed by atoms with Crippen molar-refractivity contribution in [3.05, 3.63) is 80.7 Å². The van der Waals surface area contributed by atoms with Crippen LogP contribution in [0.4, 0.5) is 5.00 Å². The summed E-state index contributed by atoms with van der Waals surface area (Å²) < 4.78 is 5.16. The molecule has 2 aromatic carbocycles. The number of benzene rings is 2. The number of aryl methyl sites for hydroxylation is 1. The van der Waals surface area contributed by atoms with E-state index in [1.807, 2.05) is 38.1 Å². The molecule has 0 bridgehead atoms. The van der Waals surface area contributed by atoms with Gasteiger partial charge in [-0.1, -0.05) is 23.7 Å². The van der Waals surface area contributed by atoms with Crippen LogP contribution in [-0.4, -0.2) is 37.6 Å². The predicted molar refractivity (Wildman–Crippen MR) is 125 cm³/mol. The zero-order valence-electron chi connectivity index (χ0n) is 17.4. The van der Waals surface area contributed by atoms with E-state index >= 15 is 0 Å². The molecule has 1 aliphatic rings. The first-order valence-corrected chi connectivity index (χ1v) is 11.0. The lowest BCUT2D eigenvalue weighted by molar-refractivity contribution is -0.117. The van der Waals surface area contributed by atoms with Gasteiger partial charge in [0.05, 0.1) is 19.4 Å². The molecule has 4 rings (SSSR count). The zero-order chi connectivity index (χ0) is 22.1. The van der Waals surface area contributed by atoms with Gasteiger partial charge in [-0.25, -0.2) is 0 Å². The van der Waals surface area contributed by atoms with Crippen molar-refractivity contribution in [2.24, 2.45) is 4.99 Å². The number of Topliss-reactive ketones (excluding diaryl/α,β-unsaturated/α-hetero) is 1. The van der Waals surface area contributed by atoms with Crippen molar-refractivity contribution in [1.29, 1.82) is 0 Å². The largest absolute Gasteiger partial charge is 0.497 e. The van der Waals surface area contributed by atoms with Crippen molar-refractivity contribution in [2.45, 2.75) is 13.8 Å². The summed E-state index contributed by atoms with van der Waals surface area (Å²) in [4.78, 5) is 33.3. The number of hydrogen-bond donors (Lipinski definition) is 0. The standard InChI is InChI=1S/C24H21ClN2O3S/c1-14-15(2)31-24-22(14)23(17-4-8-18(25)9-5-17)26-12-21(29)27(24)13-20(28)16-6-10-19(30-3)11-7-16/h4-11H,12-13H2,1-3H3. The summed E-state index contributed by atoms with van der Waals surface area (Å²) in [6.45, 7) is 3.98. The van der Waals surface area contributed by atoms with Crippen molar-refractivity contribution >= 4 is 45.3 Å². The molecular formula is C24H21ClN2O3S. The third kappa shape index (κ3) is 4.13. The Hall–Kier alpha value is -2.96. The molecule has 0 unspecified atom stereocenters. The van der Waals surface area contributed by atoms with Crippen LogP contribution in [0, 0.1) is 13.8 Å². The second-order valence-electron chi connectivity index (χ2n) is 7.27. The van der Waals surface area contributed by atoms with Crippen LogP contribution < -0.4 is 9.64 Å². The van der Waals surface area contributed by atoms with Crippen LogP contribution in [0.1, 0.15) is 31.9 Å². The average molecular weight is 453 g/mol. The minimum atomic E-state index is -0.201. The van der Waals surface area contributed by atoms with Crippen molar-refractivity contribution in [1.82, 2.24) is 0 Å². The fourth-order valence-electron chi connectivity index (χ4n) is 3.52. The molecule has 1 aromatic heterocycles. The Bertz CT molecular complexity index is 1180. The van der Waals surface area contributed by atoms with E-state index in [4.69, 9.17) is 16.3 Å². The van der Waals surface area contributed by atoms with Crippen molar-refractivity contribution in [3.63, 3.8) is 0 Å². The van der Waals surface area contributed by atoms with Gasteiger partial charge in [-0.05, 0) is 55.8 Å². The highest BCUT2D eigenvalue weighted by atomic mass is 35.5. The Morgan fingerprint density at radius 1 is 1.13 bits per heavy atom. The maximum absolute atomic E-state index is 13.0. The number of halogens is 1. The molecule has 7 heteroatoms. The molecule has 0 aliphatic carbocycles. The van der Waals surface area contributed by atoms with E-state index in [2.05, 4.69) is 4.99 Å². The molecule has 158 valence electrons. The molecule has 0 radical (unpaired) electrons. The van der Waals surface area contributed by atoms with E-state index in [1.165, 1.54) is 11.3 Å². The van der Waals surface area contributed by atoms with E-state index in [1.54, 1.807) is 36.3 Å². The Morgan fingerprint density at radius 2 is 1.81 bits per heavy atom. The van der Waals surface area contributed by atoms with Gasteiger partial charge < -0.3 is 4.74 Å². The van der Waals surface area contributed by atoms with Gasteiger partial charge in [0, 0.05) is 26.6 Å². The number of carbonyl (C=O) groups excluding carboxylic acids is 2. The Balaban J connectivity index is 1.73. The third-order valence-corrected chi connectivity index (χ3v) is 6.84.